The summed E-state index contributed by atoms with van der Waals surface area (Å²) in [5.74, 6) is 0.183. The third-order valence-corrected chi connectivity index (χ3v) is 8.55. The van der Waals surface area contributed by atoms with Gasteiger partial charge in [-0.25, -0.2) is 4.79 Å². The summed E-state index contributed by atoms with van der Waals surface area (Å²) in [5, 5.41) is 20.7. The van der Waals surface area contributed by atoms with Crippen LogP contribution in [0.25, 0.3) is 0 Å². The first-order valence-electron chi connectivity index (χ1n) is 12.3. The predicted octanol–water partition coefficient (Wildman–Crippen LogP) is 3.58. The van der Waals surface area contributed by atoms with E-state index in [0.717, 1.165) is 38.5 Å². The number of carbonyl (C=O) groups is 2. The average Bonchev–Trinajstić information content (AvgIpc) is 2.71. The molecular weight excluding hydrogens is 378 g/mol. The van der Waals surface area contributed by atoms with Gasteiger partial charge in [0.05, 0.1) is 6.10 Å². The summed E-state index contributed by atoms with van der Waals surface area (Å²) in [5.41, 5.74) is 0.0777. The number of rotatable bonds is 5. The fourth-order valence-electron chi connectivity index (χ4n) is 6.65. The summed E-state index contributed by atoms with van der Waals surface area (Å²) in [4.78, 5) is 25.1. The quantitative estimate of drug-likeness (QED) is 0.547. The van der Waals surface area contributed by atoms with Crippen LogP contribution in [0.1, 0.15) is 85.5 Å². The largest absolute Gasteiger partial charge is 0.392 e. The Kier molecular flexibility index (Phi) is 7.70. The fourth-order valence-corrected chi connectivity index (χ4v) is 6.65. The van der Waals surface area contributed by atoms with Gasteiger partial charge in [0.2, 0.25) is 5.91 Å². The second kappa shape index (κ2) is 9.88. The van der Waals surface area contributed by atoms with Crippen molar-refractivity contribution in [3.8, 4) is 0 Å². The predicted molar refractivity (Wildman–Crippen MR) is 119 cm³/mol. The maximum Gasteiger partial charge on any atom is 0.315 e. The van der Waals surface area contributed by atoms with Crippen LogP contribution in [0.3, 0.4) is 0 Å². The number of fused-ring (bicyclic) bond motifs is 1. The van der Waals surface area contributed by atoms with Crippen molar-refractivity contribution >= 4 is 11.9 Å². The minimum Gasteiger partial charge on any atom is -0.392 e. The number of hydrogen-bond donors (Lipinski definition) is 4. The van der Waals surface area contributed by atoms with Crippen LogP contribution in [0.2, 0.25) is 0 Å². The molecule has 3 rings (SSSR count). The van der Waals surface area contributed by atoms with Gasteiger partial charge in [-0.15, -0.1) is 0 Å². The van der Waals surface area contributed by atoms with E-state index in [1.807, 2.05) is 13.8 Å². The molecule has 3 fully saturated rings. The van der Waals surface area contributed by atoms with Crippen molar-refractivity contribution in [1.82, 2.24) is 16.0 Å². The third-order valence-electron chi connectivity index (χ3n) is 8.55. The fraction of sp³-hybridized carbons (Fsp3) is 0.917. The van der Waals surface area contributed by atoms with E-state index in [0.29, 0.717) is 12.6 Å². The number of urea groups is 1. The summed E-state index contributed by atoms with van der Waals surface area (Å²) < 4.78 is 0. The minimum atomic E-state index is -0.510. The van der Waals surface area contributed by atoms with Crippen LogP contribution in [0.4, 0.5) is 4.79 Å². The van der Waals surface area contributed by atoms with Gasteiger partial charge >= 0.3 is 6.03 Å². The Labute approximate surface area is 182 Å². The molecular formula is C24H43N3O3. The number of amides is 3. The van der Waals surface area contributed by atoms with E-state index >= 15 is 0 Å². The highest BCUT2D eigenvalue weighted by Gasteiger charge is 2.53. The molecule has 0 saturated heterocycles. The molecule has 1 unspecified atom stereocenters. The molecule has 0 heterocycles. The van der Waals surface area contributed by atoms with Crippen molar-refractivity contribution in [2.24, 2.45) is 29.1 Å². The Morgan fingerprint density at radius 2 is 1.73 bits per heavy atom. The molecule has 6 nitrogen and oxygen atoms in total. The van der Waals surface area contributed by atoms with E-state index in [1.54, 1.807) is 0 Å². The van der Waals surface area contributed by atoms with Gasteiger partial charge in [0, 0.05) is 24.5 Å². The van der Waals surface area contributed by atoms with Crippen LogP contribution in [0.5, 0.6) is 0 Å². The second-order valence-corrected chi connectivity index (χ2v) is 10.5. The monoisotopic (exact) mass is 421 g/mol. The molecule has 0 aromatic rings. The molecule has 30 heavy (non-hydrogen) atoms. The molecule has 7 atom stereocenters. The Balaban J connectivity index is 1.66. The van der Waals surface area contributed by atoms with Crippen molar-refractivity contribution < 1.29 is 14.7 Å². The SMILES string of the molecule is CCNC(=O)N[C@H]1CC[C@]2(C)CC[C@@H](C(C)C(=O)NC3CCCCC3)[C@H](O)[C@H]2[C@@H]1C. The minimum absolute atomic E-state index is 0.0164. The maximum absolute atomic E-state index is 13.0. The molecule has 4 N–H and O–H groups in total. The van der Waals surface area contributed by atoms with Gasteiger partial charge in [-0.05, 0) is 68.6 Å². The van der Waals surface area contributed by atoms with E-state index in [9.17, 15) is 14.7 Å². The summed E-state index contributed by atoms with van der Waals surface area (Å²) in [6, 6.07) is 0.244. The summed E-state index contributed by atoms with van der Waals surface area (Å²) >= 11 is 0. The van der Waals surface area contributed by atoms with Gasteiger partial charge in [0.25, 0.3) is 0 Å². The highest BCUT2D eigenvalue weighted by Crippen LogP contribution is 2.55. The maximum atomic E-state index is 13.0. The lowest BCUT2D eigenvalue weighted by molar-refractivity contribution is -0.142. The zero-order valence-electron chi connectivity index (χ0n) is 19.4. The van der Waals surface area contributed by atoms with Crippen molar-refractivity contribution in [2.45, 2.75) is 104 Å². The van der Waals surface area contributed by atoms with Crippen molar-refractivity contribution in [3.05, 3.63) is 0 Å². The van der Waals surface area contributed by atoms with Gasteiger partial charge in [-0.1, -0.05) is 40.0 Å². The second-order valence-electron chi connectivity index (χ2n) is 10.5. The molecule has 6 heteroatoms. The highest BCUT2D eigenvalue weighted by molar-refractivity contribution is 5.79. The van der Waals surface area contributed by atoms with Crippen molar-refractivity contribution in [2.75, 3.05) is 6.54 Å². The topological polar surface area (TPSA) is 90.5 Å². The van der Waals surface area contributed by atoms with E-state index < -0.39 is 6.10 Å². The Bertz CT molecular complexity index is 607. The first-order valence-corrected chi connectivity index (χ1v) is 12.3. The van der Waals surface area contributed by atoms with E-state index in [1.165, 1.54) is 19.3 Å². The van der Waals surface area contributed by atoms with E-state index in [4.69, 9.17) is 0 Å². The third kappa shape index (κ3) is 4.95. The van der Waals surface area contributed by atoms with Gasteiger partial charge in [0.1, 0.15) is 0 Å². The average molecular weight is 422 g/mol. The number of hydrogen-bond acceptors (Lipinski definition) is 3. The molecule has 3 aliphatic carbocycles. The lowest BCUT2D eigenvalue weighted by Gasteiger charge is -2.56. The molecule has 3 amide bonds. The number of carbonyl (C=O) groups excluding carboxylic acids is 2. The molecule has 3 aliphatic rings. The summed E-state index contributed by atoms with van der Waals surface area (Å²) in [6.07, 6.45) is 9.20. The van der Waals surface area contributed by atoms with Gasteiger partial charge in [-0.3, -0.25) is 4.79 Å². The van der Waals surface area contributed by atoms with Crippen molar-refractivity contribution in [1.29, 1.82) is 0 Å². The van der Waals surface area contributed by atoms with Crippen LogP contribution in [0, 0.1) is 29.1 Å². The van der Waals surface area contributed by atoms with Gasteiger partial charge < -0.3 is 21.1 Å². The first kappa shape index (κ1) is 23.4. The molecule has 0 spiro atoms. The Hall–Kier alpha value is -1.30. The number of nitrogens with one attached hydrogen (secondary N) is 3. The normalized spacial score (nSPS) is 38.2. The van der Waals surface area contributed by atoms with Crippen LogP contribution in [0.15, 0.2) is 0 Å². The Morgan fingerprint density at radius 1 is 1.07 bits per heavy atom. The zero-order valence-corrected chi connectivity index (χ0v) is 19.4. The van der Waals surface area contributed by atoms with E-state index in [2.05, 4.69) is 29.8 Å². The Morgan fingerprint density at radius 3 is 2.40 bits per heavy atom. The smallest absolute Gasteiger partial charge is 0.315 e. The molecule has 0 aliphatic heterocycles. The molecule has 0 aromatic heterocycles. The van der Waals surface area contributed by atoms with Crippen molar-refractivity contribution in [3.63, 3.8) is 0 Å². The lowest BCUT2D eigenvalue weighted by Crippen LogP contribution is -2.59. The number of aliphatic hydroxyl groups is 1. The highest BCUT2D eigenvalue weighted by atomic mass is 16.3. The molecule has 172 valence electrons. The summed E-state index contributed by atoms with van der Waals surface area (Å²) in [6.45, 7) is 8.97. The van der Waals surface area contributed by atoms with Crippen LogP contribution >= 0.6 is 0 Å². The summed E-state index contributed by atoms with van der Waals surface area (Å²) in [7, 11) is 0. The standard InChI is InChI=1S/C24H43N3O3/c1-5-25-23(30)27-19-12-14-24(4)13-11-18(21(28)20(24)16(19)3)15(2)22(29)26-17-9-7-6-8-10-17/h15-21,28H,5-14H2,1-4H3,(H,26,29)(H2,25,27,30)/t15?,16-,18+,19+,20-,21+,24+/m1/s1. The molecule has 0 bridgehead atoms. The molecule has 0 aromatic carbocycles. The van der Waals surface area contributed by atoms with Gasteiger partial charge in [-0.2, -0.15) is 0 Å². The molecule has 0 radical (unpaired) electrons. The zero-order chi connectivity index (χ0) is 21.9. The van der Waals surface area contributed by atoms with E-state index in [-0.39, 0.29) is 47.1 Å². The number of aliphatic hydroxyl groups excluding tert-OH is 1. The van der Waals surface area contributed by atoms with Crippen LogP contribution in [-0.4, -0.2) is 41.8 Å². The first-order chi connectivity index (χ1) is 14.3. The molecule has 3 saturated carbocycles. The lowest BCUT2D eigenvalue weighted by atomic mass is 9.51. The van der Waals surface area contributed by atoms with Crippen LogP contribution < -0.4 is 16.0 Å². The van der Waals surface area contributed by atoms with Gasteiger partial charge in [0.15, 0.2) is 0 Å². The van der Waals surface area contributed by atoms with Crippen LogP contribution in [-0.2, 0) is 4.79 Å².